The number of carbonyl (C=O) groups is 1. The molecule has 0 atom stereocenters. The number of hydrogen-bond donors (Lipinski definition) is 1. The van der Waals surface area contributed by atoms with Gasteiger partial charge in [-0.3, -0.25) is 4.79 Å². The highest BCUT2D eigenvalue weighted by molar-refractivity contribution is 6.31. The number of aromatic nitrogens is 2. The van der Waals surface area contributed by atoms with Gasteiger partial charge in [-0.05, 0) is 42.8 Å². The first-order valence-corrected chi connectivity index (χ1v) is 8.85. The molecule has 0 aliphatic heterocycles. The summed E-state index contributed by atoms with van der Waals surface area (Å²) >= 11 is 6.46. The molecule has 6 heteroatoms. The van der Waals surface area contributed by atoms with Crippen molar-refractivity contribution in [1.29, 1.82) is 0 Å². The first kappa shape index (κ1) is 18.7. The van der Waals surface area contributed by atoms with E-state index < -0.39 is 0 Å². The van der Waals surface area contributed by atoms with Gasteiger partial charge in [-0.1, -0.05) is 41.9 Å². The Morgan fingerprint density at radius 1 is 1.22 bits per heavy atom. The number of para-hydroxylation sites is 1. The zero-order chi connectivity index (χ0) is 19.2. The summed E-state index contributed by atoms with van der Waals surface area (Å²) in [7, 11) is 1.61. The maximum Gasteiger partial charge on any atom is 0.244 e. The first-order chi connectivity index (χ1) is 13.1. The van der Waals surface area contributed by atoms with E-state index in [0.717, 1.165) is 28.3 Å². The number of nitrogens with one attached hydrogen (secondary N) is 1. The molecule has 0 spiro atoms. The van der Waals surface area contributed by atoms with E-state index in [1.54, 1.807) is 17.9 Å². The number of rotatable bonds is 6. The molecule has 0 radical (unpaired) electrons. The van der Waals surface area contributed by atoms with Crippen LogP contribution < -0.4 is 10.1 Å². The summed E-state index contributed by atoms with van der Waals surface area (Å²) in [5.41, 5.74) is 3.30. The highest BCUT2D eigenvalue weighted by Crippen LogP contribution is 2.24. The molecule has 3 rings (SSSR count). The molecule has 0 aliphatic rings. The third-order valence-corrected chi connectivity index (χ3v) is 4.41. The summed E-state index contributed by atoms with van der Waals surface area (Å²) in [6, 6.07) is 17.2. The Labute approximate surface area is 163 Å². The fourth-order valence-electron chi connectivity index (χ4n) is 2.63. The SMILES string of the molecule is COc1cccc(CNC(=O)/C=C/c2c(C)nn(-c3ccccc3)c2Cl)c1. The van der Waals surface area contributed by atoms with Gasteiger partial charge in [0.25, 0.3) is 0 Å². The summed E-state index contributed by atoms with van der Waals surface area (Å²) in [5.74, 6) is 0.550. The summed E-state index contributed by atoms with van der Waals surface area (Å²) in [4.78, 5) is 12.1. The van der Waals surface area contributed by atoms with Gasteiger partial charge in [0.2, 0.25) is 5.91 Å². The molecule has 1 heterocycles. The molecule has 27 heavy (non-hydrogen) atoms. The predicted octanol–water partition coefficient (Wildman–Crippen LogP) is 4.17. The number of ether oxygens (including phenoxy) is 1. The van der Waals surface area contributed by atoms with E-state index in [2.05, 4.69) is 10.4 Å². The van der Waals surface area contributed by atoms with Crippen molar-refractivity contribution in [2.24, 2.45) is 0 Å². The second-order valence-corrected chi connectivity index (χ2v) is 6.30. The molecular formula is C21H20ClN3O2. The number of amides is 1. The van der Waals surface area contributed by atoms with Crippen LogP contribution in [0.4, 0.5) is 0 Å². The van der Waals surface area contributed by atoms with Crippen LogP contribution >= 0.6 is 11.6 Å². The zero-order valence-corrected chi connectivity index (χ0v) is 15.9. The molecule has 0 saturated carbocycles. The van der Waals surface area contributed by atoms with Crippen molar-refractivity contribution in [1.82, 2.24) is 15.1 Å². The number of halogens is 1. The Morgan fingerprint density at radius 3 is 2.74 bits per heavy atom. The number of aryl methyl sites for hydroxylation is 1. The lowest BCUT2D eigenvalue weighted by Crippen LogP contribution is -2.20. The van der Waals surface area contributed by atoms with Crippen LogP contribution in [0.15, 0.2) is 60.7 Å². The van der Waals surface area contributed by atoms with Crippen LogP contribution in [-0.4, -0.2) is 22.8 Å². The van der Waals surface area contributed by atoms with Crippen LogP contribution in [0.5, 0.6) is 5.75 Å². The molecule has 0 aliphatic carbocycles. The van der Waals surface area contributed by atoms with Crippen molar-refractivity contribution in [3.63, 3.8) is 0 Å². The lowest BCUT2D eigenvalue weighted by molar-refractivity contribution is -0.116. The second kappa shape index (κ2) is 8.56. The number of methoxy groups -OCH3 is 1. The molecule has 2 aromatic carbocycles. The van der Waals surface area contributed by atoms with Crippen LogP contribution in [0.25, 0.3) is 11.8 Å². The van der Waals surface area contributed by atoms with Crippen molar-refractivity contribution in [2.45, 2.75) is 13.5 Å². The molecular weight excluding hydrogens is 362 g/mol. The largest absolute Gasteiger partial charge is 0.497 e. The Balaban J connectivity index is 1.68. The molecule has 1 amide bonds. The van der Waals surface area contributed by atoms with E-state index >= 15 is 0 Å². The molecule has 1 aromatic heterocycles. The normalized spacial score (nSPS) is 10.9. The Hall–Kier alpha value is -3.05. The van der Waals surface area contributed by atoms with Crippen LogP contribution in [-0.2, 0) is 11.3 Å². The van der Waals surface area contributed by atoms with Crippen molar-refractivity contribution >= 4 is 23.6 Å². The zero-order valence-electron chi connectivity index (χ0n) is 15.1. The minimum atomic E-state index is -0.208. The number of carbonyl (C=O) groups excluding carboxylic acids is 1. The minimum absolute atomic E-state index is 0.208. The van der Waals surface area contributed by atoms with Gasteiger partial charge < -0.3 is 10.1 Å². The van der Waals surface area contributed by atoms with Gasteiger partial charge in [0.05, 0.1) is 18.5 Å². The van der Waals surface area contributed by atoms with Gasteiger partial charge in [0.15, 0.2) is 0 Å². The summed E-state index contributed by atoms with van der Waals surface area (Å²) in [6.07, 6.45) is 3.15. The van der Waals surface area contributed by atoms with Crippen molar-refractivity contribution in [3.8, 4) is 11.4 Å². The second-order valence-electron chi connectivity index (χ2n) is 5.94. The average molecular weight is 382 g/mol. The Bertz CT molecular complexity index is 965. The van der Waals surface area contributed by atoms with Gasteiger partial charge in [0, 0.05) is 18.2 Å². The van der Waals surface area contributed by atoms with Crippen LogP contribution in [0.1, 0.15) is 16.8 Å². The third kappa shape index (κ3) is 4.57. The van der Waals surface area contributed by atoms with Gasteiger partial charge in [-0.2, -0.15) is 5.10 Å². The highest BCUT2D eigenvalue weighted by atomic mass is 35.5. The van der Waals surface area contributed by atoms with E-state index in [-0.39, 0.29) is 5.91 Å². The van der Waals surface area contributed by atoms with Gasteiger partial charge in [0.1, 0.15) is 10.9 Å². The molecule has 0 unspecified atom stereocenters. The fourth-order valence-corrected chi connectivity index (χ4v) is 2.97. The summed E-state index contributed by atoms with van der Waals surface area (Å²) < 4.78 is 6.84. The van der Waals surface area contributed by atoms with E-state index in [9.17, 15) is 4.79 Å². The molecule has 138 valence electrons. The molecule has 0 fully saturated rings. The lowest BCUT2D eigenvalue weighted by Gasteiger charge is -2.05. The molecule has 1 N–H and O–H groups in total. The summed E-state index contributed by atoms with van der Waals surface area (Å²) in [6.45, 7) is 2.27. The smallest absolute Gasteiger partial charge is 0.244 e. The maximum absolute atomic E-state index is 12.1. The molecule has 3 aromatic rings. The average Bonchev–Trinajstić information content (AvgIpc) is 2.99. The standard InChI is InChI=1S/C21H20ClN3O2/c1-15-19(21(22)25(24-15)17-8-4-3-5-9-17)11-12-20(26)23-14-16-7-6-10-18(13-16)27-2/h3-13H,14H2,1-2H3,(H,23,26)/b12-11+. The fraction of sp³-hybridized carbons (Fsp3) is 0.143. The van der Waals surface area contributed by atoms with E-state index in [0.29, 0.717) is 11.7 Å². The molecule has 0 saturated heterocycles. The van der Waals surface area contributed by atoms with Crippen LogP contribution in [0, 0.1) is 6.92 Å². The van der Waals surface area contributed by atoms with E-state index in [4.69, 9.17) is 16.3 Å². The minimum Gasteiger partial charge on any atom is -0.497 e. The first-order valence-electron chi connectivity index (χ1n) is 8.48. The van der Waals surface area contributed by atoms with Gasteiger partial charge in [-0.25, -0.2) is 4.68 Å². The number of nitrogens with zero attached hydrogens (tertiary/aromatic N) is 2. The van der Waals surface area contributed by atoms with Crippen LogP contribution in [0.3, 0.4) is 0 Å². The van der Waals surface area contributed by atoms with Crippen molar-refractivity contribution in [3.05, 3.63) is 82.6 Å². The quantitative estimate of drug-likeness (QED) is 0.652. The topological polar surface area (TPSA) is 56.1 Å². The van der Waals surface area contributed by atoms with Crippen molar-refractivity contribution in [2.75, 3.05) is 7.11 Å². The Kier molecular flexibility index (Phi) is 5.94. The van der Waals surface area contributed by atoms with Gasteiger partial charge >= 0.3 is 0 Å². The van der Waals surface area contributed by atoms with Crippen molar-refractivity contribution < 1.29 is 9.53 Å². The molecule has 5 nitrogen and oxygen atoms in total. The number of benzene rings is 2. The van der Waals surface area contributed by atoms with Gasteiger partial charge in [-0.15, -0.1) is 0 Å². The monoisotopic (exact) mass is 381 g/mol. The Morgan fingerprint density at radius 2 is 2.00 bits per heavy atom. The number of hydrogen-bond acceptors (Lipinski definition) is 3. The summed E-state index contributed by atoms with van der Waals surface area (Å²) in [5, 5.41) is 7.77. The highest BCUT2D eigenvalue weighted by Gasteiger charge is 2.12. The lowest BCUT2D eigenvalue weighted by atomic mass is 10.2. The van der Waals surface area contributed by atoms with Crippen LogP contribution in [0.2, 0.25) is 5.15 Å². The third-order valence-electron chi connectivity index (χ3n) is 4.05. The predicted molar refractivity (Wildman–Crippen MR) is 107 cm³/mol. The van der Waals surface area contributed by atoms with E-state index in [1.807, 2.05) is 61.5 Å². The maximum atomic E-state index is 12.1. The molecule has 0 bridgehead atoms. The van der Waals surface area contributed by atoms with E-state index in [1.165, 1.54) is 6.08 Å².